The number of benzene rings is 2. The Morgan fingerprint density at radius 3 is 2.40 bits per heavy atom. The number of rotatable bonds is 8. The second kappa shape index (κ2) is 10.1. The zero-order valence-corrected chi connectivity index (χ0v) is 17.9. The Labute approximate surface area is 178 Å². The van der Waals surface area contributed by atoms with Gasteiger partial charge < -0.3 is 19.7 Å². The maximum Gasteiger partial charge on any atom is 0.242 e. The quantitative estimate of drug-likeness (QED) is 0.725. The van der Waals surface area contributed by atoms with Crippen molar-refractivity contribution in [2.75, 3.05) is 19.8 Å². The fraction of sp³-hybridized carbons (Fsp3) is 0.417. The van der Waals surface area contributed by atoms with Gasteiger partial charge in [-0.05, 0) is 50.5 Å². The summed E-state index contributed by atoms with van der Waals surface area (Å²) in [6, 6.07) is 13.3. The first kappa shape index (κ1) is 21.7. The second-order valence-corrected chi connectivity index (χ2v) is 7.56. The molecule has 0 saturated heterocycles. The number of amides is 2. The van der Waals surface area contributed by atoms with Gasteiger partial charge in [0.2, 0.25) is 11.8 Å². The highest BCUT2D eigenvalue weighted by atomic mass is 16.6. The summed E-state index contributed by atoms with van der Waals surface area (Å²) in [6.07, 6.45) is 0.886. The molecule has 0 bridgehead atoms. The Balaban J connectivity index is 1.70. The van der Waals surface area contributed by atoms with Gasteiger partial charge in [0, 0.05) is 19.5 Å². The van der Waals surface area contributed by atoms with Crippen molar-refractivity contribution < 1.29 is 19.1 Å². The van der Waals surface area contributed by atoms with E-state index >= 15 is 0 Å². The monoisotopic (exact) mass is 410 g/mol. The van der Waals surface area contributed by atoms with E-state index in [1.807, 2.05) is 56.3 Å². The van der Waals surface area contributed by atoms with Crippen LogP contribution in [0.5, 0.6) is 11.5 Å². The van der Waals surface area contributed by atoms with Gasteiger partial charge in [0.1, 0.15) is 19.3 Å². The molecule has 1 N–H and O–H groups in total. The summed E-state index contributed by atoms with van der Waals surface area (Å²) in [5, 5.41) is 2.82. The van der Waals surface area contributed by atoms with E-state index in [2.05, 4.69) is 5.32 Å². The molecule has 160 valence electrons. The minimum atomic E-state index is -0.543. The van der Waals surface area contributed by atoms with Crippen molar-refractivity contribution in [1.82, 2.24) is 10.2 Å². The highest BCUT2D eigenvalue weighted by Crippen LogP contribution is 2.31. The molecule has 1 atom stereocenters. The van der Waals surface area contributed by atoms with Crippen molar-refractivity contribution in [3.05, 3.63) is 59.2 Å². The molecule has 2 aromatic carbocycles. The van der Waals surface area contributed by atoms with Crippen LogP contribution in [-0.4, -0.2) is 42.5 Å². The summed E-state index contributed by atoms with van der Waals surface area (Å²) in [5.41, 5.74) is 3.17. The van der Waals surface area contributed by atoms with Crippen molar-refractivity contribution in [1.29, 1.82) is 0 Å². The number of nitrogens with one attached hydrogen (secondary N) is 1. The van der Waals surface area contributed by atoms with Gasteiger partial charge in [0.15, 0.2) is 11.5 Å². The third kappa shape index (κ3) is 5.53. The maximum atomic E-state index is 13.1. The molecule has 2 aromatic rings. The van der Waals surface area contributed by atoms with E-state index in [9.17, 15) is 9.59 Å². The Bertz CT molecular complexity index is 879. The Morgan fingerprint density at radius 1 is 1.03 bits per heavy atom. The smallest absolute Gasteiger partial charge is 0.242 e. The molecule has 2 amide bonds. The Kier molecular flexibility index (Phi) is 7.33. The molecule has 0 unspecified atom stereocenters. The van der Waals surface area contributed by atoms with Crippen LogP contribution in [0.25, 0.3) is 0 Å². The molecule has 0 radical (unpaired) electrons. The zero-order valence-electron chi connectivity index (χ0n) is 17.9. The molecule has 1 aliphatic heterocycles. The lowest BCUT2D eigenvalue weighted by Crippen LogP contribution is -2.47. The third-order valence-electron chi connectivity index (χ3n) is 5.23. The molecular weight excluding hydrogens is 380 g/mol. The molecule has 6 heteroatoms. The number of ether oxygens (including phenoxy) is 2. The fourth-order valence-electron chi connectivity index (χ4n) is 3.43. The Hall–Kier alpha value is -3.02. The van der Waals surface area contributed by atoms with E-state index < -0.39 is 6.04 Å². The molecule has 0 spiro atoms. The average molecular weight is 411 g/mol. The zero-order chi connectivity index (χ0) is 21.5. The largest absolute Gasteiger partial charge is 0.486 e. The van der Waals surface area contributed by atoms with Gasteiger partial charge in [-0.1, -0.05) is 35.9 Å². The van der Waals surface area contributed by atoms with Gasteiger partial charge in [0.05, 0.1) is 0 Å². The molecule has 0 fully saturated rings. The first-order valence-electron chi connectivity index (χ1n) is 10.5. The van der Waals surface area contributed by atoms with Gasteiger partial charge in [-0.3, -0.25) is 9.59 Å². The number of nitrogens with zero attached hydrogens (tertiary/aromatic N) is 1. The minimum Gasteiger partial charge on any atom is -0.486 e. The van der Waals surface area contributed by atoms with Crippen LogP contribution in [-0.2, 0) is 22.6 Å². The van der Waals surface area contributed by atoms with Crippen molar-refractivity contribution in [2.45, 2.75) is 46.2 Å². The lowest BCUT2D eigenvalue weighted by atomic mass is 10.1. The number of carbonyl (C=O) groups excluding carboxylic acids is 2. The fourth-order valence-corrected chi connectivity index (χ4v) is 3.43. The van der Waals surface area contributed by atoms with Crippen LogP contribution in [0.1, 0.15) is 37.0 Å². The van der Waals surface area contributed by atoms with Crippen LogP contribution in [0.4, 0.5) is 0 Å². The number of likely N-dealkylation sites (N-methyl/N-ethyl adjacent to an activating group) is 1. The minimum absolute atomic E-state index is 0.0517. The maximum absolute atomic E-state index is 13.1. The first-order chi connectivity index (χ1) is 14.5. The Morgan fingerprint density at radius 2 is 1.70 bits per heavy atom. The van der Waals surface area contributed by atoms with Crippen molar-refractivity contribution >= 4 is 11.8 Å². The topological polar surface area (TPSA) is 67.9 Å². The molecule has 6 nitrogen and oxygen atoms in total. The molecule has 1 aliphatic rings. The van der Waals surface area contributed by atoms with Crippen LogP contribution >= 0.6 is 0 Å². The lowest BCUT2D eigenvalue weighted by Gasteiger charge is -2.29. The lowest BCUT2D eigenvalue weighted by molar-refractivity contribution is -0.140. The number of hydrogen-bond acceptors (Lipinski definition) is 4. The van der Waals surface area contributed by atoms with Gasteiger partial charge in [-0.15, -0.1) is 0 Å². The van der Waals surface area contributed by atoms with Crippen molar-refractivity contribution in [3.63, 3.8) is 0 Å². The normalized spacial score (nSPS) is 13.4. The SMILES string of the molecule is CCNC(=O)[C@H](C)N(Cc1ccc(C)cc1)C(=O)CCc1ccc2c(c1)OCCO2. The summed E-state index contributed by atoms with van der Waals surface area (Å²) in [5.74, 6) is 1.27. The number of carbonyl (C=O) groups is 2. The number of fused-ring (bicyclic) bond motifs is 1. The van der Waals surface area contributed by atoms with E-state index in [0.717, 1.165) is 28.2 Å². The standard InChI is InChI=1S/C24H30N2O4/c1-4-25-24(28)18(3)26(16-20-7-5-17(2)6-8-20)23(27)12-10-19-9-11-21-22(15-19)30-14-13-29-21/h5-9,11,15,18H,4,10,12-14,16H2,1-3H3,(H,25,28)/t18-/m0/s1. The van der Waals surface area contributed by atoms with E-state index in [4.69, 9.17) is 9.47 Å². The van der Waals surface area contributed by atoms with Crippen LogP contribution in [0.15, 0.2) is 42.5 Å². The molecule has 30 heavy (non-hydrogen) atoms. The van der Waals surface area contributed by atoms with Crippen LogP contribution in [0.2, 0.25) is 0 Å². The summed E-state index contributed by atoms with van der Waals surface area (Å²) in [6.45, 7) is 7.70. The predicted molar refractivity (Wildman–Crippen MR) is 116 cm³/mol. The summed E-state index contributed by atoms with van der Waals surface area (Å²) in [4.78, 5) is 27.2. The first-order valence-corrected chi connectivity index (χ1v) is 10.5. The van der Waals surface area contributed by atoms with E-state index in [-0.39, 0.29) is 11.8 Å². The van der Waals surface area contributed by atoms with E-state index in [1.165, 1.54) is 0 Å². The summed E-state index contributed by atoms with van der Waals surface area (Å²) < 4.78 is 11.2. The highest BCUT2D eigenvalue weighted by molar-refractivity contribution is 5.87. The van der Waals surface area contributed by atoms with Crippen LogP contribution in [0.3, 0.4) is 0 Å². The van der Waals surface area contributed by atoms with Crippen molar-refractivity contribution in [3.8, 4) is 11.5 Å². The van der Waals surface area contributed by atoms with E-state index in [1.54, 1.807) is 11.8 Å². The number of aryl methyl sites for hydroxylation is 2. The number of hydrogen-bond donors (Lipinski definition) is 1. The molecule has 0 saturated carbocycles. The van der Waals surface area contributed by atoms with Gasteiger partial charge in [-0.25, -0.2) is 0 Å². The van der Waals surface area contributed by atoms with Crippen LogP contribution in [0, 0.1) is 6.92 Å². The molecule has 0 aliphatic carbocycles. The summed E-state index contributed by atoms with van der Waals surface area (Å²) in [7, 11) is 0. The molecule has 3 rings (SSSR count). The van der Waals surface area contributed by atoms with E-state index in [0.29, 0.717) is 39.1 Å². The third-order valence-corrected chi connectivity index (χ3v) is 5.23. The predicted octanol–water partition coefficient (Wildman–Crippen LogP) is 3.25. The average Bonchev–Trinajstić information content (AvgIpc) is 2.76. The highest BCUT2D eigenvalue weighted by Gasteiger charge is 2.25. The van der Waals surface area contributed by atoms with Gasteiger partial charge >= 0.3 is 0 Å². The van der Waals surface area contributed by atoms with Gasteiger partial charge in [0.25, 0.3) is 0 Å². The molecule has 0 aromatic heterocycles. The van der Waals surface area contributed by atoms with Crippen molar-refractivity contribution in [2.24, 2.45) is 0 Å². The summed E-state index contributed by atoms with van der Waals surface area (Å²) >= 11 is 0. The van der Waals surface area contributed by atoms with Crippen LogP contribution < -0.4 is 14.8 Å². The second-order valence-electron chi connectivity index (χ2n) is 7.56. The molecule has 1 heterocycles. The van der Waals surface area contributed by atoms with Gasteiger partial charge in [-0.2, -0.15) is 0 Å². The molecular formula is C24H30N2O4.